The third-order valence-electron chi connectivity index (χ3n) is 3.14. The molecule has 3 N–H and O–H groups in total. The van der Waals surface area contributed by atoms with E-state index < -0.39 is 20.9 Å². The summed E-state index contributed by atoms with van der Waals surface area (Å²) in [5.74, 6) is -1.11. The number of nitro groups is 1. The number of para-hydroxylation sites is 1. The van der Waals surface area contributed by atoms with E-state index in [0.717, 1.165) is 24.3 Å². The molecule has 0 unspecified atom stereocenters. The number of hydrogen-bond acceptors (Lipinski definition) is 6. The van der Waals surface area contributed by atoms with Gasteiger partial charge in [-0.3, -0.25) is 20.3 Å². The van der Waals surface area contributed by atoms with Gasteiger partial charge in [-0.15, -0.1) is 4.83 Å². The van der Waals surface area contributed by atoms with E-state index in [-0.39, 0.29) is 21.9 Å². The third kappa shape index (κ3) is 3.67. The molecule has 0 saturated heterocycles. The first kappa shape index (κ1) is 17.4. The van der Waals surface area contributed by atoms with E-state index in [9.17, 15) is 28.4 Å². The molecule has 0 heterocycles. The van der Waals surface area contributed by atoms with Crippen LogP contribution < -0.4 is 10.3 Å². The van der Waals surface area contributed by atoms with Crippen molar-refractivity contribution >= 4 is 21.6 Å². The predicted molar refractivity (Wildman–Crippen MR) is 83.7 cm³/mol. The second kappa shape index (κ2) is 6.64. The first-order valence-electron chi connectivity index (χ1n) is 6.57. The van der Waals surface area contributed by atoms with E-state index >= 15 is 0 Å². The molecule has 0 saturated carbocycles. The van der Waals surface area contributed by atoms with Crippen molar-refractivity contribution in [1.82, 2.24) is 10.3 Å². The Kier molecular flexibility index (Phi) is 4.81. The standard InChI is InChI=1S/C14H13N3O6S/c1-9-3-2-4-12(13(9)18)14(19)15-16-24(22,23)11-7-5-10(6-8-11)17(20)21/h2-8,16,18H,1H3,(H,15,19). The zero-order valence-electron chi connectivity index (χ0n) is 12.4. The van der Waals surface area contributed by atoms with Gasteiger partial charge < -0.3 is 5.11 Å². The summed E-state index contributed by atoms with van der Waals surface area (Å²) in [5.41, 5.74) is 2.07. The zero-order chi connectivity index (χ0) is 17.9. The molecule has 126 valence electrons. The highest BCUT2D eigenvalue weighted by Crippen LogP contribution is 2.21. The Balaban J connectivity index is 2.13. The molecule has 0 spiro atoms. The van der Waals surface area contributed by atoms with Crippen LogP contribution in [0.1, 0.15) is 15.9 Å². The molecular formula is C14H13N3O6S. The molecule has 0 atom stereocenters. The second-order valence-corrected chi connectivity index (χ2v) is 6.46. The van der Waals surface area contributed by atoms with Gasteiger partial charge in [0.2, 0.25) is 0 Å². The third-order valence-corrected chi connectivity index (χ3v) is 4.40. The fraction of sp³-hybridized carbons (Fsp3) is 0.0714. The Morgan fingerprint density at radius 3 is 2.38 bits per heavy atom. The van der Waals surface area contributed by atoms with E-state index in [1.807, 2.05) is 10.3 Å². The van der Waals surface area contributed by atoms with Gasteiger partial charge in [-0.2, -0.15) is 0 Å². The van der Waals surface area contributed by atoms with Crippen molar-refractivity contribution < 1.29 is 23.2 Å². The average Bonchev–Trinajstić information content (AvgIpc) is 2.55. The number of benzene rings is 2. The number of non-ortho nitro benzene ring substituents is 1. The fourth-order valence-corrected chi connectivity index (χ4v) is 2.67. The molecule has 0 radical (unpaired) electrons. The van der Waals surface area contributed by atoms with Crippen LogP contribution in [0.5, 0.6) is 5.75 Å². The van der Waals surface area contributed by atoms with Gasteiger partial charge in [-0.25, -0.2) is 8.42 Å². The molecule has 0 aliphatic rings. The van der Waals surface area contributed by atoms with Crippen LogP contribution in [0.3, 0.4) is 0 Å². The summed E-state index contributed by atoms with van der Waals surface area (Å²) in [4.78, 5) is 23.4. The van der Waals surface area contributed by atoms with E-state index in [1.54, 1.807) is 13.0 Å². The van der Waals surface area contributed by atoms with Gasteiger partial charge in [0.1, 0.15) is 5.75 Å². The number of nitrogens with one attached hydrogen (secondary N) is 2. The van der Waals surface area contributed by atoms with Crippen molar-refractivity contribution in [2.45, 2.75) is 11.8 Å². The molecule has 24 heavy (non-hydrogen) atoms. The quantitative estimate of drug-likeness (QED) is 0.547. The maximum absolute atomic E-state index is 12.0. The molecule has 0 bridgehead atoms. The van der Waals surface area contributed by atoms with Crippen LogP contribution in [-0.2, 0) is 10.0 Å². The number of nitro benzene ring substituents is 1. The number of carbonyl (C=O) groups excluding carboxylic acids is 1. The molecule has 9 nitrogen and oxygen atoms in total. The van der Waals surface area contributed by atoms with Crippen LogP contribution in [0.15, 0.2) is 47.4 Å². The normalized spacial score (nSPS) is 11.0. The summed E-state index contributed by atoms with van der Waals surface area (Å²) < 4.78 is 24.1. The number of rotatable bonds is 5. The van der Waals surface area contributed by atoms with Gasteiger partial charge in [-0.05, 0) is 30.7 Å². The predicted octanol–water partition coefficient (Wildman–Crippen LogP) is 1.23. The molecule has 0 fully saturated rings. The summed E-state index contributed by atoms with van der Waals surface area (Å²) >= 11 is 0. The first-order chi connectivity index (χ1) is 11.2. The Morgan fingerprint density at radius 2 is 1.79 bits per heavy atom. The lowest BCUT2D eigenvalue weighted by atomic mass is 10.1. The number of phenolic OH excluding ortho intramolecular Hbond substituents is 1. The average molecular weight is 351 g/mol. The lowest BCUT2D eigenvalue weighted by Crippen LogP contribution is -2.41. The van der Waals surface area contributed by atoms with Crippen molar-refractivity contribution in [2.75, 3.05) is 0 Å². The largest absolute Gasteiger partial charge is 0.507 e. The van der Waals surface area contributed by atoms with Crippen LogP contribution in [0.4, 0.5) is 5.69 Å². The number of amides is 1. The summed E-state index contributed by atoms with van der Waals surface area (Å²) in [6, 6.07) is 8.60. The Bertz CT molecular complexity index is 893. The molecular weight excluding hydrogens is 338 g/mol. The fourth-order valence-electron chi connectivity index (χ4n) is 1.83. The summed E-state index contributed by atoms with van der Waals surface area (Å²) in [6.07, 6.45) is 0. The maximum Gasteiger partial charge on any atom is 0.270 e. The summed E-state index contributed by atoms with van der Waals surface area (Å²) in [7, 11) is -4.11. The van der Waals surface area contributed by atoms with Crippen LogP contribution in [0, 0.1) is 17.0 Å². The highest BCUT2D eigenvalue weighted by atomic mass is 32.2. The van der Waals surface area contributed by atoms with Gasteiger partial charge >= 0.3 is 0 Å². The lowest BCUT2D eigenvalue weighted by molar-refractivity contribution is -0.384. The number of sulfonamides is 1. The monoisotopic (exact) mass is 351 g/mol. The van der Waals surface area contributed by atoms with Crippen molar-refractivity contribution in [2.24, 2.45) is 0 Å². The maximum atomic E-state index is 12.0. The van der Waals surface area contributed by atoms with Crippen molar-refractivity contribution in [3.8, 4) is 5.75 Å². The highest BCUT2D eigenvalue weighted by molar-refractivity contribution is 7.89. The molecule has 2 aromatic rings. The van der Waals surface area contributed by atoms with Crippen LogP contribution in [-0.4, -0.2) is 24.4 Å². The second-order valence-electron chi connectivity index (χ2n) is 4.78. The summed E-state index contributed by atoms with van der Waals surface area (Å²) in [5, 5.41) is 20.3. The van der Waals surface area contributed by atoms with E-state index in [1.165, 1.54) is 12.1 Å². The van der Waals surface area contributed by atoms with Gasteiger partial charge in [0.15, 0.2) is 0 Å². The van der Waals surface area contributed by atoms with E-state index in [0.29, 0.717) is 5.56 Å². The minimum absolute atomic E-state index is 0.0959. The number of phenols is 1. The number of aryl methyl sites for hydroxylation is 1. The smallest absolute Gasteiger partial charge is 0.270 e. The molecule has 0 aliphatic heterocycles. The van der Waals surface area contributed by atoms with Gasteiger partial charge in [0, 0.05) is 12.1 Å². The number of aromatic hydroxyl groups is 1. The van der Waals surface area contributed by atoms with Gasteiger partial charge in [0.25, 0.3) is 21.6 Å². The summed E-state index contributed by atoms with van der Waals surface area (Å²) in [6.45, 7) is 1.59. The number of hydrazine groups is 1. The van der Waals surface area contributed by atoms with Crippen molar-refractivity contribution in [3.05, 3.63) is 63.7 Å². The van der Waals surface area contributed by atoms with E-state index in [2.05, 4.69) is 0 Å². The van der Waals surface area contributed by atoms with Gasteiger partial charge in [-0.1, -0.05) is 12.1 Å². The van der Waals surface area contributed by atoms with Gasteiger partial charge in [0.05, 0.1) is 15.4 Å². The number of carbonyl (C=O) groups is 1. The molecule has 2 rings (SSSR count). The Morgan fingerprint density at radius 1 is 1.17 bits per heavy atom. The minimum Gasteiger partial charge on any atom is -0.507 e. The molecule has 2 aromatic carbocycles. The highest BCUT2D eigenvalue weighted by Gasteiger charge is 2.18. The Hall–Kier alpha value is -2.98. The molecule has 0 aliphatic carbocycles. The van der Waals surface area contributed by atoms with Crippen LogP contribution in [0.25, 0.3) is 0 Å². The SMILES string of the molecule is Cc1cccc(C(=O)NNS(=O)(=O)c2ccc([N+](=O)[O-])cc2)c1O. The van der Waals surface area contributed by atoms with E-state index in [4.69, 9.17) is 0 Å². The van der Waals surface area contributed by atoms with Crippen molar-refractivity contribution in [3.63, 3.8) is 0 Å². The Labute approximate surface area is 137 Å². The topological polar surface area (TPSA) is 139 Å². The minimum atomic E-state index is -4.11. The lowest BCUT2D eigenvalue weighted by Gasteiger charge is -2.10. The molecule has 0 aromatic heterocycles. The molecule has 10 heteroatoms. The first-order valence-corrected chi connectivity index (χ1v) is 8.06. The van der Waals surface area contributed by atoms with Crippen LogP contribution in [0.2, 0.25) is 0 Å². The van der Waals surface area contributed by atoms with Crippen LogP contribution >= 0.6 is 0 Å². The zero-order valence-corrected chi connectivity index (χ0v) is 13.2. The molecule has 1 amide bonds. The number of hydrogen-bond donors (Lipinski definition) is 3. The number of nitrogens with zero attached hydrogens (tertiary/aromatic N) is 1. The van der Waals surface area contributed by atoms with Crippen molar-refractivity contribution in [1.29, 1.82) is 0 Å².